The summed E-state index contributed by atoms with van der Waals surface area (Å²) in [4.78, 5) is 0. The molecular weight excluding hydrogens is 364 g/mol. The molecule has 0 saturated carbocycles. The summed E-state index contributed by atoms with van der Waals surface area (Å²) in [6.45, 7) is 0. The lowest BCUT2D eigenvalue weighted by atomic mass is 10.0. The van der Waals surface area contributed by atoms with Crippen LogP contribution in [0.1, 0.15) is 11.3 Å². The number of hydrogen-bond donors (Lipinski definition) is 2. The molecule has 1 aromatic heterocycles. The molecule has 0 amide bonds. The zero-order valence-corrected chi connectivity index (χ0v) is 16.3. The van der Waals surface area contributed by atoms with Crippen LogP contribution < -0.4 is 20.3 Å². The van der Waals surface area contributed by atoms with Gasteiger partial charge in [0.25, 0.3) is 0 Å². The van der Waals surface area contributed by atoms with E-state index in [0.717, 1.165) is 27.7 Å². The zero-order chi connectivity index (χ0) is 20.1. The number of hydrazine groups is 1. The number of rotatable bonds is 7. The van der Waals surface area contributed by atoms with E-state index in [4.69, 9.17) is 9.47 Å². The maximum atomic E-state index is 5.42. The number of ether oxygens (including phenoxy) is 2. The van der Waals surface area contributed by atoms with Crippen LogP contribution in [0.2, 0.25) is 0 Å². The second kappa shape index (κ2) is 8.48. The minimum absolute atomic E-state index is 0.639. The molecule has 6 nitrogen and oxygen atoms in total. The first-order valence-corrected chi connectivity index (χ1v) is 9.31. The lowest BCUT2D eigenvalue weighted by Gasteiger charge is -2.13. The maximum Gasteiger partial charge on any atom is 0.175 e. The first-order valence-electron chi connectivity index (χ1n) is 9.31. The fourth-order valence-electron chi connectivity index (χ4n) is 3.22. The van der Waals surface area contributed by atoms with Crippen LogP contribution in [-0.2, 0) is 6.42 Å². The van der Waals surface area contributed by atoms with E-state index in [0.29, 0.717) is 23.7 Å². The Labute approximate surface area is 169 Å². The van der Waals surface area contributed by atoms with Gasteiger partial charge in [-0.25, -0.2) is 0 Å². The highest BCUT2D eigenvalue weighted by Crippen LogP contribution is 2.30. The Hall–Kier alpha value is -3.80. The molecule has 0 saturated heterocycles. The van der Waals surface area contributed by atoms with Crippen LogP contribution in [0.15, 0.2) is 72.8 Å². The Kier molecular flexibility index (Phi) is 5.42. The molecule has 0 spiro atoms. The third kappa shape index (κ3) is 4.06. The summed E-state index contributed by atoms with van der Waals surface area (Å²) in [6, 6.07) is 23.9. The SMILES string of the molecule is COc1ccc(Cc2nnc(NNc3ccccc3)c3ccccc23)cc1OC. The molecule has 0 aliphatic carbocycles. The van der Waals surface area contributed by atoms with Crippen molar-refractivity contribution in [1.82, 2.24) is 10.2 Å². The van der Waals surface area contributed by atoms with Gasteiger partial charge in [0.2, 0.25) is 0 Å². The predicted octanol–water partition coefficient (Wildman–Crippen LogP) is 4.68. The van der Waals surface area contributed by atoms with Crippen molar-refractivity contribution in [1.29, 1.82) is 0 Å². The molecule has 29 heavy (non-hydrogen) atoms. The summed E-state index contributed by atoms with van der Waals surface area (Å²) in [7, 11) is 3.27. The number of benzene rings is 3. The van der Waals surface area contributed by atoms with Crippen molar-refractivity contribution in [2.45, 2.75) is 6.42 Å². The fraction of sp³-hybridized carbons (Fsp3) is 0.130. The fourth-order valence-corrected chi connectivity index (χ4v) is 3.22. The number of aromatic nitrogens is 2. The predicted molar refractivity (Wildman–Crippen MR) is 116 cm³/mol. The second-order valence-corrected chi connectivity index (χ2v) is 6.52. The normalized spacial score (nSPS) is 10.6. The molecule has 0 fully saturated rings. The Morgan fingerprint density at radius 3 is 2.21 bits per heavy atom. The number of fused-ring (bicyclic) bond motifs is 1. The van der Waals surface area contributed by atoms with Crippen molar-refractivity contribution in [2.75, 3.05) is 25.1 Å². The molecule has 1 heterocycles. The van der Waals surface area contributed by atoms with Gasteiger partial charge in [0.1, 0.15) is 0 Å². The van der Waals surface area contributed by atoms with Crippen LogP contribution in [0, 0.1) is 0 Å². The Bertz CT molecular complexity index is 1120. The van der Waals surface area contributed by atoms with Gasteiger partial charge in [-0.05, 0) is 29.8 Å². The quantitative estimate of drug-likeness (QED) is 0.450. The Morgan fingerprint density at radius 1 is 0.724 bits per heavy atom. The van der Waals surface area contributed by atoms with Gasteiger partial charge < -0.3 is 9.47 Å². The Morgan fingerprint density at radius 2 is 1.45 bits per heavy atom. The number of para-hydroxylation sites is 1. The van der Waals surface area contributed by atoms with E-state index in [9.17, 15) is 0 Å². The van der Waals surface area contributed by atoms with Crippen LogP contribution in [0.4, 0.5) is 11.5 Å². The van der Waals surface area contributed by atoms with Crippen molar-refractivity contribution in [3.8, 4) is 11.5 Å². The first-order chi connectivity index (χ1) is 14.3. The van der Waals surface area contributed by atoms with Crippen molar-refractivity contribution in [3.05, 3.63) is 84.1 Å². The third-order valence-corrected chi connectivity index (χ3v) is 4.68. The summed E-state index contributed by atoms with van der Waals surface area (Å²) < 4.78 is 10.7. The molecule has 0 aliphatic rings. The molecule has 2 N–H and O–H groups in total. The molecule has 3 aromatic carbocycles. The van der Waals surface area contributed by atoms with Gasteiger partial charge in [-0.1, -0.05) is 48.5 Å². The maximum absolute atomic E-state index is 5.42. The molecule has 6 heteroatoms. The number of hydrogen-bond acceptors (Lipinski definition) is 6. The topological polar surface area (TPSA) is 68.3 Å². The Balaban J connectivity index is 1.63. The van der Waals surface area contributed by atoms with Gasteiger partial charge in [-0.2, -0.15) is 5.10 Å². The molecule has 146 valence electrons. The van der Waals surface area contributed by atoms with Crippen LogP contribution >= 0.6 is 0 Å². The lowest BCUT2D eigenvalue weighted by molar-refractivity contribution is 0.354. The van der Waals surface area contributed by atoms with Gasteiger partial charge >= 0.3 is 0 Å². The lowest BCUT2D eigenvalue weighted by Crippen LogP contribution is -2.12. The van der Waals surface area contributed by atoms with Crippen molar-refractivity contribution in [2.24, 2.45) is 0 Å². The molecule has 0 bridgehead atoms. The summed E-state index contributed by atoms with van der Waals surface area (Å²) in [5.74, 6) is 2.09. The number of nitrogens with zero attached hydrogens (tertiary/aromatic N) is 2. The number of anilines is 2. The van der Waals surface area contributed by atoms with E-state index in [1.165, 1.54) is 0 Å². The summed E-state index contributed by atoms with van der Waals surface area (Å²) in [5.41, 5.74) is 9.26. The largest absolute Gasteiger partial charge is 0.493 e. The van der Waals surface area contributed by atoms with E-state index in [2.05, 4.69) is 27.1 Å². The summed E-state index contributed by atoms with van der Waals surface area (Å²) in [6.07, 6.45) is 0.639. The smallest absolute Gasteiger partial charge is 0.175 e. The van der Waals surface area contributed by atoms with Gasteiger partial charge in [0.05, 0.1) is 25.6 Å². The standard InChI is InChI=1S/C23H22N4O2/c1-28-21-13-12-16(15-22(21)29-2)14-20-18-10-6-7-11-19(18)23(27-25-20)26-24-17-8-4-3-5-9-17/h3-13,15,24H,14H2,1-2H3,(H,26,27). The number of methoxy groups -OCH3 is 2. The van der Waals surface area contributed by atoms with Crippen molar-refractivity contribution < 1.29 is 9.47 Å². The van der Waals surface area contributed by atoms with Gasteiger partial charge in [-0.15, -0.1) is 5.10 Å². The molecule has 0 aliphatic heterocycles. The van der Waals surface area contributed by atoms with E-state index < -0.39 is 0 Å². The van der Waals surface area contributed by atoms with Crippen LogP contribution in [-0.4, -0.2) is 24.4 Å². The second-order valence-electron chi connectivity index (χ2n) is 6.52. The van der Waals surface area contributed by atoms with Gasteiger partial charge in [0, 0.05) is 17.2 Å². The number of nitrogens with one attached hydrogen (secondary N) is 2. The average Bonchev–Trinajstić information content (AvgIpc) is 2.79. The average molecular weight is 386 g/mol. The molecule has 4 aromatic rings. The molecule has 0 atom stereocenters. The first kappa shape index (κ1) is 18.6. The highest BCUT2D eigenvalue weighted by atomic mass is 16.5. The summed E-state index contributed by atoms with van der Waals surface area (Å²) in [5, 5.41) is 11.0. The van der Waals surface area contributed by atoms with Crippen molar-refractivity contribution >= 4 is 22.3 Å². The van der Waals surface area contributed by atoms with Crippen LogP contribution in [0.25, 0.3) is 10.8 Å². The molecular formula is C23H22N4O2. The highest BCUT2D eigenvalue weighted by Gasteiger charge is 2.11. The van der Waals surface area contributed by atoms with Crippen LogP contribution in [0.3, 0.4) is 0 Å². The minimum Gasteiger partial charge on any atom is -0.493 e. The van der Waals surface area contributed by atoms with E-state index in [1.54, 1.807) is 14.2 Å². The van der Waals surface area contributed by atoms with E-state index >= 15 is 0 Å². The monoisotopic (exact) mass is 386 g/mol. The molecule has 0 unspecified atom stereocenters. The molecule has 4 rings (SSSR count). The minimum atomic E-state index is 0.639. The highest BCUT2D eigenvalue weighted by molar-refractivity contribution is 5.93. The van der Waals surface area contributed by atoms with Gasteiger partial charge in [0.15, 0.2) is 17.3 Å². The van der Waals surface area contributed by atoms with E-state index in [1.807, 2.05) is 66.7 Å². The van der Waals surface area contributed by atoms with E-state index in [-0.39, 0.29) is 0 Å². The third-order valence-electron chi connectivity index (χ3n) is 4.68. The van der Waals surface area contributed by atoms with Gasteiger partial charge in [-0.3, -0.25) is 10.9 Å². The molecule has 0 radical (unpaired) electrons. The summed E-state index contributed by atoms with van der Waals surface area (Å²) >= 11 is 0. The zero-order valence-electron chi connectivity index (χ0n) is 16.3. The van der Waals surface area contributed by atoms with Crippen molar-refractivity contribution in [3.63, 3.8) is 0 Å². The van der Waals surface area contributed by atoms with Crippen LogP contribution in [0.5, 0.6) is 11.5 Å².